The van der Waals surface area contributed by atoms with Crippen LogP contribution in [0.4, 0.5) is 0 Å². The van der Waals surface area contributed by atoms with Gasteiger partial charge < -0.3 is 0 Å². The molecule has 2 heterocycles. The van der Waals surface area contributed by atoms with Gasteiger partial charge in [0, 0.05) is 6.20 Å². The summed E-state index contributed by atoms with van der Waals surface area (Å²) in [5.41, 5.74) is 2.45. The molecule has 0 aliphatic carbocycles. The maximum Gasteiger partial charge on any atom is 0.160 e. The van der Waals surface area contributed by atoms with Crippen molar-refractivity contribution < 1.29 is 0 Å². The molecule has 0 aromatic carbocycles. The van der Waals surface area contributed by atoms with E-state index >= 15 is 0 Å². The first-order valence-corrected chi connectivity index (χ1v) is 4.93. The van der Waals surface area contributed by atoms with Gasteiger partial charge in [-0.05, 0) is 23.5 Å². The lowest BCUT2D eigenvalue weighted by molar-refractivity contribution is 0.504. The molecule has 0 saturated carbocycles. The Labute approximate surface area is 83.8 Å². The van der Waals surface area contributed by atoms with E-state index in [0.717, 1.165) is 12.1 Å². The van der Waals surface area contributed by atoms with Gasteiger partial charge in [-0.3, -0.25) is 4.40 Å². The molecule has 74 valence electrons. The average molecular weight is 189 g/mol. The highest BCUT2D eigenvalue weighted by Gasteiger charge is 2.18. The van der Waals surface area contributed by atoms with E-state index in [4.69, 9.17) is 0 Å². The van der Waals surface area contributed by atoms with Crippen LogP contribution in [0.3, 0.4) is 0 Å². The van der Waals surface area contributed by atoms with Crippen LogP contribution in [0.25, 0.3) is 5.65 Å². The zero-order chi connectivity index (χ0) is 10.2. The second-order valence-electron chi connectivity index (χ2n) is 4.25. The Bertz CT molecular complexity index is 442. The molecule has 0 spiro atoms. The number of hydrogen-bond donors (Lipinski definition) is 0. The fourth-order valence-electron chi connectivity index (χ4n) is 1.43. The Morgan fingerprint density at radius 3 is 2.86 bits per heavy atom. The van der Waals surface area contributed by atoms with Crippen molar-refractivity contribution in [3.05, 3.63) is 30.2 Å². The summed E-state index contributed by atoms with van der Waals surface area (Å²) in [5.74, 6) is 0. The first kappa shape index (κ1) is 9.19. The van der Waals surface area contributed by atoms with E-state index in [9.17, 15) is 0 Å². The zero-order valence-electron chi connectivity index (χ0n) is 8.86. The van der Waals surface area contributed by atoms with E-state index in [2.05, 4.69) is 43.2 Å². The van der Waals surface area contributed by atoms with E-state index in [1.165, 1.54) is 5.56 Å². The van der Waals surface area contributed by atoms with Crippen LogP contribution in [-0.4, -0.2) is 14.6 Å². The SMILES string of the molecule is CCC(C)(C)c1ccc2nncn2c1. The summed E-state index contributed by atoms with van der Waals surface area (Å²) in [6, 6.07) is 4.15. The molecule has 0 radical (unpaired) electrons. The second kappa shape index (κ2) is 3.08. The molecule has 0 fully saturated rings. The average Bonchev–Trinajstić information content (AvgIpc) is 2.64. The van der Waals surface area contributed by atoms with Crippen molar-refractivity contribution in [2.45, 2.75) is 32.6 Å². The Morgan fingerprint density at radius 2 is 2.14 bits per heavy atom. The molecule has 0 saturated heterocycles. The standard InChI is InChI=1S/C11H15N3/c1-4-11(2,3)9-5-6-10-13-12-8-14(10)7-9/h5-8H,4H2,1-3H3. The lowest BCUT2D eigenvalue weighted by Gasteiger charge is -2.22. The predicted octanol–water partition coefficient (Wildman–Crippen LogP) is 2.42. The molecule has 3 nitrogen and oxygen atoms in total. The van der Waals surface area contributed by atoms with Crippen LogP contribution in [0.2, 0.25) is 0 Å². The molecule has 2 aromatic rings. The molecule has 2 rings (SSSR count). The maximum atomic E-state index is 3.98. The van der Waals surface area contributed by atoms with Crippen LogP contribution in [0.5, 0.6) is 0 Å². The largest absolute Gasteiger partial charge is 0.289 e. The summed E-state index contributed by atoms with van der Waals surface area (Å²) in [6.45, 7) is 6.70. The summed E-state index contributed by atoms with van der Waals surface area (Å²) in [7, 11) is 0. The topological polar surface area (TPSA) is 30.2 Å². The number of pyridine rings is 1. The van der Waals surface area contributed by atoms with Gasteiger partial charge in [0.1, 0.15) is 6.33 Å². The van der Waals surface area contributed by atoms with Crippen LogP contribution in [-0.2, 0) is 5.41 Å². The highest BCUT2D eigenvalue weighted by atomic mass is 15.2. The highest BCUT2D eigenvalue weighted by molar-refractivity contribution is 5.39. The Balaban J connectivity index is 2.53. The lowest BCUT2D eigenvalue weighted by Crippen LogP contribution is -2.15. The normalized spacial score (nSPS) is 12.2. The van der Waals surface area contributed by atoms with Crippen molar-refractivity contribution in [1.29, 1.82) is 0 Å². The van der Waals surface area contributed by atoms with Gasteiger partial charge in [-0.15, -0.1) is 10.2 Å². The van der Waals surface area contributed by atoms with E-state index in [1.54, 1.807) is 6.33 Å². The van der Waals surface area contributed by atoms with Crippen LogP contribution in [0, 0.1) is 0 Å². The van der Waals surface area contributed by atoms with Gasteiger partial charge >= 0.3 is 0 Å². The van der Waals surface area contributed by atoms with E-state index in [1.807, 2.05) is 10.5 Å². The first-order chi connectivity index (χ1) is 6.63. The van der Waals surface area contributed by atoms with E-state index in [-0.39, 0.29) is 5.41 Å². The third-order valence-corrected chi connectivity index (χ3v) is 2.96. The number of rotatable bonds is 2. The monoisotopic (exact) mass is 189 g/mol. The molecule has 2 aromatic heterocycles. The minimum Gasteiger partial charge on any atom is -0.289 e. The fourth-order valence-corrected chi connectivity index (χ4v) is 1.43. The van der Waals surface area contributed by atoms with Crippen molar-refractivity contribution in [3.63, 3.8) is 0 Å². The molecule has 14 heavy (non-hydrogen) atoms. The molecular weight excluding hydrogens is 174 g/mol. The number of aromatic nitrogens is 3. The summed E-state index contributed by atoms with van der Waals surface area (Å²) in [6.07, 6.45) is 4.98. The van der Waals surface area contributed by atoms with Crippen LogP contribution >= 0.6 is 0 Å². The van der Waals surface area contributed by atoms with Crippen molar-refractivity contribution in [2.75, 3.05) is 0 Å². The number of fused-ring (bicyclic) bond motifs is 1. The van der Waals surface area contributed by atoms with Crippen molar-refractivity contribution in [1.82, 2.24) is 14.6 Å². The van der Waals surface area contributed by atoms with Gasteiger partial charge in [0.15, 0.2) is 5.65 Å². The van der Waals surface area contributed by atoms with Crippen molar-refractivity contribution in [2.24, 2.45) is 0 Å². The molecule has 0 atom stereocenters. The summed E-state index contributed by atoms with van der Waals surface area (Å²) < 4.78 is 1.97. The van der Waals surface area contributed by atoms with Crippen LogP contribution in [0.15, 0.2) is 24.7 Å². The minimum absolute atomic E-state index is 0.221. The highest BCUT2D eigenvalue weighted by Crippen LogP contribution is 2.26. The maximum absolute atomic E-state index is 3.98. The van der Waals surface area contributed by atoms with E-state index in [0.29, 0.717) is 0 Å². The van der Waals surface area contributed by atoms with Crippen LogP contribution < -0.4 is 0 Å². The number of nitrogens with zero attached hydrogens (tertiary/aromatic N) is 3. The zero-order valence-corrected chi connectivity index (χ0v) is 8.86. The second-order valence-corrected chi connectivity index (χ2v) is 4.25. The van der Waals surface area contributed by atoms with Gasteiger partial charge in [-0.1, -0.05) is 26.8 Å². The van der Waals surface area contributed by atoms with Gasteiger partial charge in [0.2, 0.25) is 0 Å². The predicted molar refractivity (Wildman–Crippen MR) is 56.3 cm³/mol. The molecule has 0 N–H and O–H groups in total. The Morgan fingerprint density at radius 1 is 1.36 bits per heavy atom. The lowest BCUT2D eigenvalue weighted by atomic mass is 9.83. The van der Waals surface area contributed by atoms with Crippen molar-refractivity contribution in [3.8, 4) is 0 Å². The first-order valence-electron chi connectivity index (χ1n) is 4.93. The molecule has 0 aliphatic rings. The number of hydrogen-bond acceptors (Lipinski definition) is 2. The van der Waals surface area contributed by atoms with Gasteiger partial charge in [-0.25, -0.2) is 0 Å². The third kappa shape index (κ3) is 1.39. The van der Waals surface area contributed by atoms with Gasteiger partial charge in [-0.2, -0.15) is 0 Å². The van der Waals surface area contributed by atoms with Crippen molar-refractivity contribution >= 4 is 5.65 Å². The Kier molecular flexibility index (Phi) is 2.02. The van der Waals surface area contributed by atoms with Gasteiger partial charge in [0.05, 0.1) is 0 Å². The molecular formula is C11H15N3. The molecule has 0 unspecified atom stereocenters. The smallest absolute Gasteiger partial charge is 0.160 e. The Hall–Kier alpha value is -1.38. The molecule has 3 heteroatoms. The quantitative estimate of drug-likeness (QED) is 0.726. The third-order valence-electron chi connectivity index (χ3n) is 2.96. The molecule has 0 aliphatic heterocycles. The molecule has 0 bridgehead atoms. The fraction of sp³-hybridized carbons (Fsp3) is 0.455. The van der Waals surface area contributed by atoms with Crippen LogP contribution in [0.1, 0.15) is 32.8 Å². The van der Waals surface area contributed by atoms with Gasteiger partial charge in [0.25, 0.3) is 0 Å². The van der Waals surface area contributed by atoms with E-state index < -0.39 is 0 Å². The molecule has 0 amide bonds. The summed E-state index contributed by atoms with van der Waals surface area (Å²) in [5, 5.41) is 7.84. The minimum atomic E-state index is 0.221. The summed E-state index contributed by atoms with van der Waals surface area (Å²) in [4.78, 5) is 0. The summed E-state index contributed by atoms with van der Waals surface area (Å²) >= 11 is 0.